The van der Waals surface area contributed by atoms with Gasteiger partial charge in [-0.1, -0.05) is 35.5 Å². The van der Waals surface area contributed by atoms with E-state index in [0.29, 0.717) is 5.02 Å². The van der Waals surface area contributed by atoms with Gasteiger partial charge in [0.2, 0.25) is 0 Å². The molecule has 0 radical (unpaired) electrons. The average Bonchev–Trinajstić information content (AvgIpc) is 2.30. The lowest BCUT2D eigenvalue weighted by Crippen LogP contribution is -1.85. The number of carbonyl (C=O) groups is 1. The molecule has 0 atom stereocenters. The van der Waals surface area contributed by atoms with E-state index in [0.717, 1.165) is 23.5 Å². The molecule has 1 rings (SSSR count). The van der Waals surface area contributed by atoms with Crippen LogP contribution >= 0.6 is 23.4 Å². The molecule has 0 amide bonds. The van der Waals surface area contributed by atoms with Crippen molar-refractivity contribution in [2.45, 2.75) is 13.3 Å². The molecule has 0 unspecified atom stereocenters. The van der Waals surface area contributed by atoms with Crippen LogP contribution in [0.1, 0.15) is 18.9 Å². The van der Waals surface area contributed by atoms with Gasteiger partial charge in [0, 0.05) is 12.7 Å². The van der Waals surface area contributed by atoms with Crippen molar-refractivity contribution >= 4 is 34.6 Å². The third-order valence-corrected chi connectivity index (χ3v) is 3.27. The lowest BCUT2D eigenvalue weighted by molar-refractivity contribution is -0.109. The molecule has 0 aromatic heterocycles. The molecule has 0 saturated carbocycles. The van der Waals surface area contributed by atoms with E-state index in [-0.39, 0.29) is 5.12 Å². The number of allylic oxidation sites excluding steroid dienone is 1. The topological polar surface area (TPSA) is 26.3 Å². The molecule has 0 fully saturated rings. The molecule has 0 heterocycles. The van der Waals surface area contributed by atoms with Crippen LogP contribution < -0.4 is 4.74 Å². The molecular weight excluding hydrogens is 256 g/mol. The Morgan fingerprint density at radius 3 is 2.88 bits per heavy atom. The monoisotopic (exact) mass is 270 g/mol. The third-order valence-electron chi connectivity index (χ3n) is 2.09. The highest BCUT2D eigenvalue weighted by molar-refractivity contribution is 8.13. The number of hydrogen-bond acceptors (Lipinski definition) is 3. The van der Waals surface area contributed by atoms with Crippen molar-refractivity contribution in [2.24, 2.45) is 0 Å². The van der Waals surface area contributed by atoms with Crippen LogP contribution in [0.15, 0.2) is 24.3 Å². The van der Waals surface area contributed by atoms with Crippen molar-refractivity contribution in [3.05, 3.63) is 34.9 Å². The molecule has 0 aliphatic rings. The van der Waals surface area contributed by atoms with E-state index in [9.17, 15) is 4.79 Å². The predicted molar refractivity (Wildman–Crippen MR) is 74.8 cm³/mol. The summed E-state index contributed by atoms with van der Waals surface area (Å²) in [5.41, 5.74) is 0.959. The normalized spacial score (nSPS) is 10.8. The van der Waals surface area contributed by atoms with Crippen molar-refractivity contribution in [2.75, 3.05) is 12.9 Å². The minimum atomic E-state index is 0.154. The second kappa shape index (κ2) is 7.41. The Morgan fingerprint density at radius 1 is 1.53 bits per heavy atom. The first-order valence-corrected chi connectivity index (χ1v) is 6.63. The molecule has 0 N–H and O–H groups in total. The minimum Gasteiger partial charge on any atom is -0.497 e. The Bertz CT molecular complexity index is 416. The second-order valence-electron chi connectivity index (χ2n) is 3.42. The highest BCUT2D eigenvalue weighted by atomic mass is 35.5. The van der Waals surface area contributed by atoms with E-state index >= 15 is 0 Å². The van der Waals surface area contributed by atoms with E-state index < -0.39 is 0 Å². The number of hydrogen-bond donors (Lipinski definition) is 0. The third kappa shape index (κ3) is 5.29. The molecular formula is C13H15ClO2S. The lowest BCUT2D eigenvalue weighted by Gasteiger charge is -2.02. The van der Waals surface area contributed by atoms with Crippen LogP contribution in [-0.4, -0.2) is 18.0 Å². The van der Waals surface area contributed by atoms with Gasteiger partial charge >= 0.3 is 0 Å². The van der Waals surface area contributed by atoms with E-state index in [2.05, 4.69) is 0 Å². The fourth-order valence-corrected chi connectivity index (χ4v) is 2.03. The molecule has 4 heteroatoms. The van der Waals surface area contributed by atoms with Crippen molar-refractivity contribution in [3.63, 3.8) is 0 Å². The number of benzene rings is 1. The summed E-state index contributed by atoms with van der Waals surface area (Å²) < 4.78 is 5.07. The van der Waals surface area contributed by atoms with E-state index in [1.807, 2.05) is 24.3 Å². The van der Waals surface area contributed by atoms with E-state index in [1.54, 1.807) is 20.1 Å². The predicted octanol–water partition coefficient (Wildman–Crippen LogP) is 4.03. The second-order valence-corrected chi connectivity index (χ2v) is 5.10. The summed E-state index contributed by atoms with van der Waals surface area (Å²) in [6.07, 6.45) is 4.83. The number of rotatable bonds is 5. The van der Waals surface area contributed by atoms with Gasteiger partial charge in [-0.25, -0.2) is 0 Å². The average molecular weight is 271 g/mol. The van der Waals surface area contributed by atoms with Gasteiger partial charge in [0.25, 0.3) is 0 Å². The molecule has 0 aliphatic carbocycles. The zero-order valence-electron chi connectivity index (χ0n) is 9.90. The molecule has 1 aromatic rings. The maximum absolute atomic E-state index is 10.7. The fraction of sp³-hybridized carbons (Fsp3) is 0.308. The molecule has 0 aliphatic heterocycles. The van der Waals surface area contributed by atoms with Crippen LogP contribution in [0.4, 0.5) is 0 Å². The van der Waals surface area contributed by atoms with Gasteiger partial charge in [0.05, 0.1) is 12.1 Å². The van der Waals surface area contributed by atoms with Crippen LogP contribution in [0, 0.1) is 0 Å². The van der Waals surface area contributed by atoms with Crippen LogP contribution in [0.3, 0.4) is 0 Å². The number of ether oxygens (including phenoxy) is 1. The molecule has 92 valence electrons. The SMILES string of the molecule is COc1ccc(C=CCCSC(C)=O)c(Cl)c1. The Hall–Kier alpha value is -0.930. The standard InChI is InChI=1S/C13H15ClO2S/c1-10(15)17-8-4-3-5-11-6-7-12(16-2)9-13(11)14/h3,5-7,9H,4,8H2,1-2H3. The van der Waals surface area contributed by atoms with Crippen molar-refractivity contribution < 1.29 is 9.53 Å². The Labute approximate surface area is 111 Å². The molecule has 2 nitrogen and oxygen atoms in total. The summed E-state index contributed by atoms with van der Waals surface area (Å²) in [6.45, 7) is 1.58. The lowest BCUT2D eigenvalue weighted by atomic mass is 10.2. The summed E-state index contributed by atoms with van der Waals surface area (Å²) in [7, 11) is 1.61. The van der Waals surface area contributed by atoms with Crippen LogP contribution in [0.2, 0.25) is 5.02 Å². The highest BCUT2D eigenvalue weighted by Crippen LogP contribution is 2.23. The summed E-state index contributed by atoms with van der Waals surface area (Å²) in [5, 5.41) is 0.820. The largest absolute Gasteiger partial charge is 0.497 e. The van der Waals surface area contributed by atoms with Gasteiger partial charge in [-0.3, -0.25) is 4.79 Å². The molecule has 1 aromatic carbocycles. The zero-order valence-corrected chi connectivity index (χ0v) is 11.5. The van der Waals surface area contributed by atoms with Crippen molar-refractivity contribution in [1.29, 1.82) is 0 Å². The van der Waals surface area contributed by atoms with Gasteiger partial charge in [0.1, 0.15) is 5.75 Å². The van der Waals surface area contributed by atoms with Gasteiger partial charge in [-0.15, -0.1) is 0 Å². The summed E-state index contributed by atoms with van der Waals surface area (Å²) in [4.78, 5) is 10.7. The Kier molecular flexibility index (Phi) is 6.16. The summed E-state index contributed by atoms with van der Waals surface area (Å²) in [6, 6.07) is 5.57. The maximum Gasteiger partial charge on any atom is 0.185 e. The van der Waals surface area contributed by atoms with Gasteiger partial charge in [-0.05, 0) is 30.2 Å². The van der Waals surface area contributed by atoms with Gasteiger partial charge < -0.3 is 4.74 Å². The molecule has 17 heavy (non-hydrogen) atoms. The summed E-state index contributed by atoms with van der Waals surface area (Å²) >= 11 is 7.41. The fourth-order valence-electron chi connectivity index (χ4n) is 1.25. The first-order valence-electron chi connectivity index (χ1n) is 5.27. The summed E-state index contributed by atoms with van der Waals surface area (Å²) in [5.74, 6) is 1.55. The first kappa shape index (κ1) is 14.1. The smallest absolute Gasteiger partial charge is 0.185 e. The number of carbonyl (C=O) groups excluding carboxylic acids is 1. The number of thioether (sulfide) groups is 1. The molecule has 0 saturated heterocycles. The van der Waals surface area contributed by atoms with Crippen LogP contribution in [0.25, 0.3) is 6.08 Å². The van der Waals surface area contributed by atoms with E-state index in [4.69, 9.17) is 16.3 Å². The van der Waals surface area contributed by atoms with Crippen molar-refractivity contribution in [3.8, 4) is 5.75 Å². The first-order chi connectivity index (χ1) is 8.13. The molecule has 0 spiro atoms. The van der Waals surface area contributed by atoms with Gasteiger partial charge in [-0.2, -0.15) is 0 Å². The minimum absolute atomic E-state index is 0.154. The highest BCUT2D eigenvalue weighted by Gasteiger charge is 1.98. The zero-order chi connectivity index (χ0) is 12.7. The van der Waals surface area contributed by atoms with Gasteiger partial charge in [0.15, 0.2) is 5.12 Å². The van der Waals surface area contributed by atoms with Crippen LogP contribution in [0.5, 0.6) is 5.75 Å². The van der Waals surface area contributed by atoms with Crippen LogP contribution in [-0.2, 0) is 4.79 Å². The Balaban J connectivity index is 2.50. The molecule has 0 bridgehead atoms. The number of halogens is 1. The van der Waals surface area contributed by atoms with E-state index in [1.165, 1.54) is 11.8 Å². The quantitative estimate of drug-likeness (QED) is 0.756. The Morgan fingerprint density at radius 2 is 2.29 bits per heavy atom. The number of methoxy groups -OCH3 is 1. The van der Waals surface area contributed by atoms with Crippen molar-refractivity contribution in [1.82, 2.24) is 0 Å². The maximum atomic E-state index is 10.7.